The lowest BCUT2D eigenvalue weighted by Crippen LogP contribution is -2.43. The van der Waals surface area contributed by atoms with Crippen molar-refractivity contribution in [2.24, 2.45) is 0 Å². The van der Waals surface area contributed by atoms with Crippen molar-refractivity contribution in [3.05, 3.63) is 0 Å². The van der Waals surface area contributed by atoms with Crippen LogP contribution >= 0.6 is 0 Å². The molecule has 0 spiro atoms. The van der Waals surface area contributed by atoms with Gasteiger partial charge in [0.05, 0.1) is 6.10 Å². The largest absolute Gasteiger partial charge is 0.378 e. The Bertz CT molecular complexity index is 146. The standard InChI is InChI=1S/C11H24N2O/c1-4-13(3)6-5-7-14-11-8-10(9-11)12-2/h10-12H,4-9H2,1-3H3/t10-,11-. The van der Waals surface area contributed by atoms with Crippen molar-refractivity contribution in [1.29, 1.82) is 0 Å². The van der Waals surface area contributed by atoms with E-state index in [4.69, 9.17) is 4.74 Å². The average Bonchev–Trinajstić information content (AvgIpc) is 2.14. The molecule has 0 unspecified atom stereocenters. The summed E-state index contributed by atoms with van der Waals surface area (Å²) in [7, 11) is 4.18. The molecule has 1 saturated carbocycles. The van der Waals surface area contributed by atoms with Crippen molar-refractivity contribution < 1.29 is 4.74 Å². The fraction of sp³-hybridized carbons (Fsp3) is 1.00. The Morgan fingerprint density at radius 2 is 2.14 bits per heavy atom. The Morgan fingerprint density at radius 1 is 1.43 bits per heavy atom. The van der Waals surface area contributed by atoms with Crippen molar-refractivity contribution in [1.82, 2.24) is 10.2 Å². The molecule has 0 aromatic rings. The van der Waals surface area contributed by atoms with E-state index < -0.39 is 0 Å². The molecule has 0 aliphatic heterocycles. The second kappa shape index (κ2) is 6.38. The van der Waals surface area contributed by atoms with Crippen LogP contribution in [-0.4, -0.2) is 50.8 Å². The van der Waals surface area contributed by atoms with E-state index in [1.165, 1.54) is 12.8 Å². The highest BCUT2D eigenvalue weighted by Crippen LogP contribution is 2.22. The van der Waals surface area contributed by atoms with Crippen LogP contribution in [0, 0.1) is 0 Å². The third-order valence-corrected chi connectivity index (χ3v) is 3.08. The van der Waals surface area contributed by atoms with Crippen LogP contribution in [0.2, 0.25) is 0 Å². The molecule has 84 valence electrons. The van der Waals surface area contributed by atoms with E-state index in [-0.39, 0.29) is 0 Å². The van der Waals surface area contributed by atoms with Crippen LogP contribution in [0.15, 0.2) is 0 Å². The topological polar surface area (TPSA) is 24.5 Å². The van der Waals surface area contributed by atoms with Crippen molar-refractivity contribution in [2.75, 3.05) is 33.8 Å². The summed E-state index contributed by atoms with van der Waals surface area (Å²) in [5.41, 5.74) is 0. The summed E-state index contributed by atoms with van der Waals surface area (Å²) in [6.45, 7) is 5.39. The summed E-state index contributed by atoms with van der Waals surface area (Å²) < 4.78 is 5.74. The van der Waals surface area contributed by atoms with E-state index >= 15 is 0 Å². The molecule has 1 aliphatic rings. The summed E-state index contributed by atoms with van der Waals surface area (Å²) in [6.07, 6.45) is 4.07. The van der Waals surface area contributed by atoms with Gasteiger partial charge >= 0.3 is 0 Å². The fourth-order valence-corrected chi connectivity index (χ4v) is 1.68. The van der Waals surface area contributed by atoms with Gasteiger partial charge < -0.3 is 15.0 Å². The molecule has 0 saturated heterocycles. The van der Waals surface area contributed by atoms with Gasteiger partial charge in [-0.1, -0.05) is 6.92 Å². The van der Waals surface area contributed by atoms with Crippen LogP contribution in [-0.2, 0) is 4.74 Å². The van der Waals surface area contributed by atoms with Gasteiger partial charge in [0, 0.05) is 19.2 Å². The monoisotopic (exact) mass is 200 g/mol. The number of nitrogens with zero attached hydrogens (tertiary/aromatic N) is 1. The molecule has 0 heterocycles. The van der Waals surface area contributed by atoms with Crippen LogP contribution in [0.4, 0.5) is 0 Å². The van der Waals surface area contributed by atoms with Crippen molar-refractivity contribution >= 4 is 0 Å². The van der Waals surface area contributed by atoms with Gasteiger partial charge in [0.1, 0.15) is 0 Å². The fourth-order valence-electron chi connectivity index (χ4n) is 1.68. The summed E-state index contributed by atoms with van der Waals surface area (Å²) in [4.78, 5) is 2.32. The number of nitrogens with one attached hydrogen (secondary N) is 1. The molecule has 0 radical (unpaired) electrons. The van der Waals surface area contributed by atoms with E-state index in [9.17, 15) is 0 Å². The van der Waals surface area contributed by atoms with Gasteiger partial charge in [0.15, 0.2) is 0 Å². The first-order valence-corrected chi connectivity index (χ1v) is 5.73. The smallest absolute Gasteiger partial charge is 0.0604 e. The van der Waals surface area contributed by atoms with Crippen LogP contribution in [0.3, 0.4) is 0 Å². The van der Waals surface area contributed by atoms with Gasteiger partial charge in [-0.15, -0.1) is 0 Å². The summed E-state index contributed by atoms with van der Waals surface area (Å²) in [5, 5.41) is 3.26. The molecule has 1 N–H and O–H groups in total. The van der Waals surface area contributed by atoms with Crippen LogP contribution in [0.25, 0.3) is 0 Å². The van der Waals surface area contributed by atoms with E-state index in [2.05, 4.69) is 24.2 Å². The molecule has 0 aromatic heterocycles. The number of hydrogen-bond donors (Lipinski definition) is 1. The van der Waals surface area contributed by atoms with E-state index in [0.717, 1.165) is 26.1 Å². The SMILES string of the molecule is CCN(C)CCCO[C@H]1C[C@H](NC)C1. The molecular formula is C11H24N2O. The second-order valence-electron chi connectivity index (χ2n) is 4.20. The van der Waals surface area contributed by atoms with Crippen molar-refractivity contribution in [2.45, 2.75) is 38.3 Å². The first-order chi connectivity index (χ1) is 6.76. The summed E-state index contributed by atoms with van der Waals surface area (Å²) in [6, 6.07) is 0.707. The molecular weight excluding hydrogens is 176 g/mol. The zero-order chi connectivity index (χ0) is 10.4. The Balaban J connectivity index is 1.86. The van der Waals surface area contributed by atoms with Crippen LogP contribution in [0.1, 0.15) is 26.2 Å². The number of hydrogen-bond acceptors (Lipinski definition) is 3. The first kappa shape index (κ1) is 12.0. The van der Waals surface area contributed by atoms with E-state index in [0.29, 0.717) is 12.1 Å². The highest BCUT2D eigenvalue weighted by molar-refractivity contribution is 4.84. The maximum Gasteiger partial charge on any atom is 0.0604 e. The Kier molecular flexibility index (Phi) is 5.45. The minimum atomic E-state index is 0.527. The predicted molar refractivity (Wildman–Crippen MR) is 59.6 cm³/mol. The third kappa shape index (κ3) is 3.95. The normalized spacial score (nSPS) is 26.6. The zero-order valence-corrected chi connectivity index (χ0v) is 9.75. The lowest BCUT2D eigenvalue weighted by molar-refractivity contribution is -0.0174. The minimum Gasteiger partial charge on any atom is -0.378 e. The molecule has 0 bridgehead atoms. The predicted octanol–water partition coefficient (Wildman–Crippen LogP) is 1.10. The van der Waals surface area contributed by atoms with Gasteiger partial charge in [0.25, 0.3) is 0 Å². The Morgan fingerprint density at radius 3 is 2.71 bits per heavy atom. The molecule has 1 rings (SSSR count). The van der Waals surface area contributed by atoms with Crippen LogP contribution < -0.4 is 5.32 Å². The van der Waals surface area contributed by atoms with Crippen molar-refractivity contribution in [3.63, 3.8) is 0 Å². The molecule has 14 heavy (non-hydrogen) atoms. The van der Waals surface area contributed by atoms with Gasteiger partial charge in [-0.25, -0.2) is 0 Å². The second-order valence-corrected chi connectivity index (χ2v) is 4.20. The number of ether oxygens (including phenoxy) is 1. The third-order valence-electron chi connectivity index (χ3n) is 3.08. The lowest BCUT2D eigenvalue weighted by atomic mass is 9.89. The van der Waals surface area contributed by atoms with Gasteiger partial charge in [-0.2, -0.15) is 0 Å². The van der Waals surface area contributed by atoms with Gasteiger partial charge in [0.2, 0.25) is 0 Å². The minimum absolute atomic E-state index is 0.527. The van der Waals surface area contributed by atoms with E-state index in [1.807, 2.05) is 7.05 Å². The Hall–Kier alpha value is -0.120. The van der Waals surface area contributed by atoms with Gasteiger partial charge in [-0.3, -0.25) is 0 Å². The molecule has 0 amide bonds. The maximum absolute atomic E-state index is 5.74. The van der Waals surface area contributed by atoms with Gasteiger partial charge in [-0.05, 0) is 39.9 Å². The lowest BCUT2D eigenvalue weighted by Gasteiger charge is -2.34. The first-order valence-electron chi connectivity index (χ1n) is 5.73. The maximum atomic E-state index is 5.74. The zero-order valence-electron chi connectivity index (χ0n) is 9.75. The molecule has 3 heteroatoms. The Labute approximate surface area is 87.8 Å². The molecule has 0 atom stereocenters. The quantitative estimate of drug-likeness (QED) is 0.623. The molecule has 1 fully saturated rings. The summed E-state index contributed by atoms with van der Waals surface area (Å²) >= 11 is 0. The average molecular weight is 200 g/mol. The summed E-state index contributed by atoms with van der Waals surface area (Å²) in [5.74, 6) is 0. The van der Waals surface area contributed by atoms with E-state index in [1.54, 1.807) is 0 Å². The highest BCUT2D eigenvalue weighted by Gasteiger charge is 2.27. The number of rotatable bonds is 7. The van der Waals surface area contributed by atoms with Crippen molar-refractivity contribution in [3.8, 4) is 0 Å². The molecule has 3 nitrogen and oxygen atoms in total. The van der Waals surface area contributed by atoms with Crippen LogP contribution in [0.5, 0.6) is 0 Å². The molecule has 0 aromatic carbocycles. The molecule has 1 aliphatic carbocycles. The highest BCUT2D eigenvalue weighted by atomic mass is 16.5.